The lowest BCUT2D eigenvalue weighted by molar-refractivity contribution is 0.100. The molecule has 6 rings (SSSR count). The Bertz CT molecular complexity index is 1900. The largest absolute Gasteiger partial charge is 0.440 e. The van der Waals surface area contributed by atoms with Gasteiger partial charge >= 0.3 is 0 Å². The fourth-order valence-electron chi connectivity index (χ4n) is 6.15. The van der Waals surface area contributed by atoms with Crippen molar-refractivity contribution in [2.24, 2.45) is 5.92 Å². The van der Waals surface area contributed by atoms with Crippen molar-refractivity contribution in [2.75, 3.05) is 36.5 Å². The van der Waals surface area contributed by atoms with Crippen molar-refractivity contribution in [1.82, 2.24) is 14.5 Å². The second kappa shape index (κ2) is 19.2. The lowest BCUT2D eigenvalue weighted by Crippen LogP contribution is -2.36. The lowest BCUT2D eigenvalue weighted by atomic mass is 10.0. The van der Waals surface area contributed by atoms with E-state index in [1.807, 2.05) is 57.2 Å². The molecule has 1 N–H and O–H groups in total. The third-order valence-electron chi connectivity index (χ3n) is 9.23. The van der Waals surface area contributed by atoms with Gasteiger partial charge in [-0.25, -0.2) is 4.98 Å². The zero-order valence-corrected chi connectivity index (χ0v) is 31.9. The average Bonchev–Trinajstić information content (AvgIpc) is 3.82. The van der Waals surface area contributed by atoms with Gasteiger partial charge in [-0.15, -0.1) is 0 Å². The van der Waals surface area contributed by atoms with Crippen LogP contribution >= 0.6 is 0 Å². The smallest absolute Gasteiger partial charge is 0.229 e. The molecule has 2 aliphatic rings. The van der Waals surface area contributed by atoms with Crippen molar-refractivity contribution in [3.05, 3.63) is 88.0 Å². The number of nitrogens with zero attached hydrogens (tertiary/aromatic N) is 4. The Morgan fingerprint density at radius 3 is 2.43 bits per heavy atom. The van der Waals surface area contributed by atoms with Crippen molar-refractivity contribution in [2.45, 2.75) is 100.0 Å². The Labute approximate surface area is 303 Å². The van der Waals surface area contributed by atoms with Crippen LogP contribution in [0.3, 0.4) is 0 Å². The molecule has 2 fully saturated rings. The summed E-state index contributed by atoms with van der Waals surface area (Å²) in [4.78, 5) is 37.3. The number of carbonyl (C=O) groups is 1. The van der Waals surface area contributed by atoms with Crippen LogP contribution in [0.5, 0.6) is 0 Å². The number of Topliss-reactive ketones (excluding diaryl/α,β-unsaturated/α-hetero) is 1. The lowest BCUT2D eigenvalue weighted by Gasteiger charge is -2.27. The van der Waals surface area contributed by atoms with Crippen LogP contribution in [0.2, 0.25) is 0 Å². The SMILES string of the molecule is CC.CCC(C)C.C\C=C(/C=C(\C=C\CC)c1cccc2c(=O)cc(N3CCOCC3)oc12)Nc1ncc2cc(C(C)=O)n(C3CCCC3)c2n1. The fourth-order valence-corrected chi connectivity index (χ4v) is 6.15. The van der Waals surface area contributed by atoms with Crippen LogP contribution < -0.4 is 15.6 Å². The summed E-state index contributed by atoms with van der Waals surface area (Å²) >= 11 is 0. The van der Waals surface area contributed by atoms with Gasteiger partial charge in [-0.2, -0.15) is 4.98 Å². The minimum atomic E-state index is -0.0744. The van der Waals surface area contributed by atoms with Crippen LogP contribution in [0.4, 0.5) is 11.8 Å². The highest BCUT2D eigenvalue weighted by Crippen LogP contribution is 2.35. The summed E-state index contributed by atoms with van der Waals surface area (Å²) in [5.41, 5.74) is 4.42. The van der Waals surface area contributed by atoms with E-state index in [0.29, 0.717) is 54.8 Å². The molecule has 4 heterocycles. The molecule has 1 aliphatic carbocycles. The Morgan fingerprint density at radius 1 is 1.10 bits per heavy atom. The van der Waals surface area contributed by atoms with Gasteiger partial charge in [-0.1, -0.05) is 91.2 Å². The molecule has 4 aromatic rings. The molecule has 0 atom stereocenters. The van der Waals surface area contributed by atoms with E-state index in [4.69, 9.17) is 14.1 Å². The van der Waals surface area contributed by atoms with E-state index in [1.165, 1.54) is 6.42 Å². The molecule has 1 aliphatic heterocycles. The van der Waals surface area contributed by atoms with E-state index < -0.39 is 0 Å². The standard InChI is InChI=1S/C35H39N5O4.C5H12.C2H6/c1-4-6-10-24(28-13-9-14-29-31(42)21-32(44-33(28)29)39-15-17-43-18-16-39)19-26(5-2)37-35-36-22-25-20-30(23(3)41)40(34(25)38-35)27-11-7-8-12-27;1-4-5(2)3;1-2/h5-6,9-10,13-14,19-22,27H,4,7-8,11-12,15-18H2,1-3H3,(H,36,37,38);5H,4H2,1-3H3;1-2H3/b10-6+,24-19+,26-5+;;. The highest BCUT2D eigenvalue weighted by Gasteiger charge is 2.24. The molecule has 1 saturated carbocycles. The number of anilines is 2. The molecule has 0 bridgehead atoms. The number of ketones is 1. The summed E-state index contributed by atoms with van der Waals surface area (Å²) in [5.74, 6) is 1.92. The molecule has 3 aromatic heterocycles. The number of rotatable bonds is 10. The molecule has 9 heteroatoms. The second-order valence-corrected chi connectivity index (χ2v) is 13.2. The minimum Gasteiger partial charge on any atom is -0.440 e. The number of hydrogen-bond donors (Lipinski definition) is 1. The monoisotopic (exact) mass is 695 g/mol. The van der Waals surface area contributed by atoms with Gasteiger partial charge in [0.15, 0.2) is 17.1 Å². The van der Waals surface area contributed by atoms with Crippen LogP contribution in [-0.2, 0) is 4.74 Å². The van der Waals surface area contributed by atoms with Gasteiger partial charge in [0, 0.05) is 55.0 Å². The zero-order valence-electron chi connectivity index (χ0n) is 31.9. The number of ether oxygens (including phenoxy) is 1. The van der Waals surface area contributed by atoms with Gasteiger partial charge in [-0.3, -0.25) is 9.59 Å². The van der Waals surface area contributed by atoms with Crippen molar-refractivity contribution >= 4 is 45.2 Å². The maximum atomic E-state index is 13.2. The zero-order chi connectivity index (χ0) is 36.9. The molecule has 51 heavy (non-hydrogen) atoms. The number of aromatic nitrogens is 3. The fraction of sp³-hybridized carbons (Fsp3) is 0.476. The van der Waals surface area contributed by atoms with E-state index in [2.05, 4.69) is 59.6 Å². The Hall–Kier alpha value is -4.50. The Balaban J connectivity index is 0.000000768. The van der Waals surface area contributed by atoms with Crippen molar-refractivity contribution in [3.63, 3.8) is 0 Å². The highest BCUT2D eigenvalue weighted by atomic mass is 16.5. The molecule has 0 radical (unpaired) electrons. The molecular formula is C42H57N5O4. The van der Waals surface area contributed by atoms with Crippen molar-refractivity contribution in [1.29, 1.82) is 0 Å². The first-order chi connectivity index (χ1) is 24.7. The topological polar surface area (TPSA) is 102 Å². The summed E-state index contributed by atoms with van der Waals surface area (Å²) < 4.78 is 14.1. The van der Waals surface area contributed by atoms with E-state index in [-0.39, 0.29) is 17.3 Å². The summed E-state index contributed by atoms with van der Waals surface area (Å²) in [6.07, 6.45) is 16.4. The molecule has 0 unspecified atom stereocenters. The van der Waals surface area contributed by atoms with Gasteiger partial charge < -0.3 is 23.9 Å². The maximum absolute atomic E-state index is 13.2. The van der Waals surface area contributed by atoms with E-state index >= 15 is 0 Å². The number of benzene rings is 1. The molecule has 0 spiro atoms. The first-order valence-electron chi connectivity index (χ1n) is 18.8. The van der Waals surface area contributed by atoms with Crippen LogP contribution in [0.25, 0.3) is 27.6 Å². The van der Waals surface area contributed by atoms with E-state index in [1.54, 1.807) is 19.2 Å². The quantitative estimate of drug-likeness (QED) is 0.129. The number of para-hydroxylation sites is 1. The van der Waals surface area contributed by atoms with E-state index in [9.17, 15) is 9.59 Å². The first kappa shape index (κ1) is 39.3. The van der Waals surface area contributed by atoms with Gasteiger partial charge in [-0.05, 0) is 55.9 Å². The van der Waals surface area contributed by atoms with Gasteiger partial charge in [0.1, 0.15) is 11.2 Å². The van der Waals surface area contributed by atoms with Crippen molar-refractivity contribution < 1.29 is 13.9 Å². The second-order valence-electron chi connectivity index (χ2n) is 13.2. The maximum Gasteiger partial charge on any atom is 0.229 e. The van der Waals surface area contributed by atoms with Gasteiger partial charge in [0.25, 0.3) is 0 Å². The molecule has 1 saturated heterocycles. The first-order valence-corrected chi connectivity index (χ1v) is 18.8. The van der Waals surface area contributed by atoms with E-state index in [0.717, 1.165) is 65.9 Å². The summed E-state index contributed by atoms with van der Waals surface area (Å²) in [6, 6.07) is 9.43. The normalized spacial score (nSPS) is 15.7. The Morgan fingerprint density at radius 2 is 1.80 bits per heavy atom. The molecule has 9 nitrogen and oxygen atoms in total. The summed E-state index contributed by atoms with van der Waals surface area (Å²) in [6.45, 7) is 18.8. The predicted molar refractivity (Wildman–Crippen MR) is 212 cm³/mol. The minimum absolute atomic E-state index is 0.0346. The van der Waals surface area contributed by atoms with Gasteiger partial charge in [0.05, 0.1) is 24.3 Å². The number of nitrogens with one attached hydrogen (secondary N) is 1. The number of morpholine rings is 1. The van der Waals surface area contributed by atoms with Crippen LogP contribution in [0.15, 0.2) is 75.7 Å². The number of hydrogen-bond acceptors (Lipinski definition) is 8. The summed E-state index contributed by atoms with van der Waals surface area (Å²) in [5, 5.41) is 4.79. The molecule has 0 amide bonds. The molecule has 274 valence electrons. The molecule has 1 aromatic carbocycles. The molecular weight excluding hydrogens is 638 g/mol. The predicted octanol–water partition coefficient (Wildman–Crippen LogP) is 10.1. The third-order valence-corrected chi connectivity index (χ3v) is 9.23. The number of allylic oxidation sites excluding steroid dienone is 5. The number of fused-ring (bicyclic) bond motifs is 2. The average molecular weight is 696 g/mol. The van der Waals surface area contributed by atoms with Gasteiger partial charge in [0.2, 0.25) is 5.95 Å². The number of carbonyl (C=O) groups excluding carboxylic acids is 1. The van der Waals surface area contributed by atoms with Crippen LogP contribution in [-0.4, -0.2) is 46.6 Å². The van der Waals surface area contributed by atoms with Crippen molar-refractivity contribution in [3.8, 4) is 0 Å². The Kier molecular flexibility index (Phi) is 14.8. The highest BCUT2D eigenvalue weighted by molar-refractivity contribution is 5.98. The van der Waals surface area contributed by atoms with Crippen LogP contribution in [0.1, 0.15) is 116 Å². The summed E-state index contributed by atoms with van der Waals surface area (Å²) in [7, 11) is 0. The van der Waals surface area contributed by atoms with Crippen LogP contribution in [0, 0.1) is 5.92 Å². The third kappa shape index (κ3) is 9.85.